The van der Waals surface area contributed by atoms with Gasteiger partial charge in [-0.15, -0.1) is 0 Å². The Kier molecular flexibility index (Phi) is 26.4. The van der Waals surface area contributed by atoms with Crippen molar-refractivity contribution in [2.45, 2.75) is 121 Å². The normalized spacial score (nSPS) is 11.9. The number of hydrogen-bond donors (Lipinski definition) is 3. The fourth-order valence-electron chi connectivity index (χ4n) is 4.09. The fraction of sp³-hybridized carbons (Fsp3) is 0.639. The SMILES string of the molecule is C=C(CC)c1cc(NCCCO)c(CC)c(C(C)(C)C)c1.CC.CC=N.CCCC(/C=C(\C(C)=NC)C(C)C)=NC. The zero-order chi connectivity index (χ0) is 32.6. The summed E-state index contributed by atoms with van der Waals surface area (Å²) in [7, 11) is 3.70. The zero-order valence-corrected chi connectivity index (χ0v) is 29.4. The van der Waals surface area contributed by atoms with Crippen LogP contribution in [-0.4, -0.2) is 50.0 Å². The zero-order valence-electron chi connectivity index (χ0n) is 29.4. The Hall–Kier alpha value is -2.53. The van der Waals surface area contributed by atoms with Gasteiger partial charge in [-0.05, 0) is 97.1 Å². The van der Waals surface area contributed by atoms with E-state index in [9.17, 15) is 0 Å². The monoisotopic (exact) mass is 571 g/mol. The third-order valence-electron chi connectivity index (χ3n) is 6.39. The molecule has 5 nitrogen and oxygen atoms in total. The molecule has 41 heavy (non-hydrogen) atoms. The summed E-state index contributed by atoms with van der Waals surface area (Å²) in [5.41, 5.74) is 10.1. The third-order valence-corrected chi connectivity index (χ3v) is 6.39. The maximum Gasteiger partial charge on any atom is 0.0447 e. The van der Waals surface area contributed by atoms with E-state index in [0.717, 1.165) is 44.4 Å². The van der Waals surface area contributed by atoms with Crippen LogP contribution in [0.4, 0.5) is 5.69 Å². The molecule has 0 aromatic heterocycles. The van der Waals surface area contributed by atoms with Crippen LogP contribution >= 0.6 is 0 Å². The van der Waals surface area contributed by atoms with Crippen LogP contribution in [0.25, 0.3) is 5.57 Å². The lowest BCUT2D eigenvalue weighted by Crippen LogP contribution is -2.17. The first-order valence-electron chi connectivity index (χ1n) is 15.6. The topological polar surface area (TPSA) is 80.8 Å². The first kappa shape index (κ1) is 42.9. The highest BCUT2D eigenvalue weighted by Crippen LogP contribution is 2.35. The van der Waals surface area contributed by atoms with Gasteiger partial charge in [0, 0.05) is 44.4 Å². The second-order valence-corrected chi connectivity index (χ2v) is 10.9. The Morgan fingerprint density at radius 3 is 2.02 bits per heavy atom. The summed E-state index contributed by atoms with van der Waals surface area (Å²) in [6.07, 6.45) is 8.36. The molecule has 0 spiro atoms. The van der Waals surface area contributed by atoms with Gasteiger partial charge >= 0.3 is 0 Å². The van der Waals surface area contributed by atoms with Gasteiger partial charge in [-0.25, -0.2) is 0 Å². The summed E-state index contributed by atoms with van der Waals surface area (Å²) in [6.45, 7) is 30.6. The molecule has 0 saturated heterocycles. The minimum atomic E-state index is 0.114. The van der Waals surface area contributed by atoms with Crippen molar-refractivity contribution >= 4 is 28.9 Å². The van der Waals surface area contributed by atoms with Crippen molar-refractivity contribution in [2.24, 2.45) is 15.9 Å². The summed E-state index contributed by atoms with van der Waals surface area (Å²) >= 11 is 0. The molecule has 0 heterocycles. The molecule has 0 unspecified atom stereocenters. The van der Waals surface area contributed by atoms with Gasteiger partial charge in [0.25, 0.3) is 0 Å². The van der Waals surface area contributed by atoms with E-state index < -0.39 is 0 Å². The number of allylic oxidation sites excluding steroid dienone is 3. The fourth-order valence-corrected chi connectivity index (χ4v) is 4.09. The Balaban J connectivity index is -0.000000633. The lowest BCUT2D eigenvalue weighted by molar-refractivity contribution is 0.292. The highest BCUT2D eigenvalue weighted by atomic mass is 16.3. The molecule has 0 aliphatic heterocycles. The second-order valence-electron chi connectivity index (χ2n) is 10.9. The number of aliphatic imine (C=N–C) groups is 2. The first-order valence-corrected chi connectivity index (χ1v) is 15.6. The van der Waals surface area contributed by atoms with Crippen LogP contribution in [0, 0.1) is 11.3 Å². The number of hydrogen-bond acceptors (Lipinski definition) is 5. The Labute approximate surface area is 255 Å². The van der Waals surface area contributed by atoms with Crippen molar-refractivity contribution in [1.82, 2.24) is 0 Å². The van der Waals surface area contributed by atoms with Gasteiger partial charge in [-0.3, -0.25) is 9.98 Å². The predicted octanol–water partition coefficient (Wildman–Crippen LogP) is 9.98. The van der Waals surface area contributed by atoms with Gasteiger partial charge in [0.05, 0.1) is 0 Å². The van der Waals surface area contributed by atoms with E-state index in [0.29, 0.717) is 5.92 Å². The number of nitrogens with zero attached hydrogens (tertiary/aromatic N) is 2. The maximum atomic E-state index is 8.98. The smallest absolute Gasteiger partial charge is 0.0447 e. The Morgan fingerprint density at radius 2 is 1.66 bits per heavy atom. The highest BCUT2D eigenvalue weighted by molar-refractivity contribution is 6.06. The van der Waals surface area contributed by atoms with Gasteiger partial charge in [0.2, 0.25) is 0 Å². The van der Waals surface area contributed by atoms with Crippen LogP contribution in [-0.2, 0) is 11.8 Å². The minimum absolute atomic E-state index is 0.114. The van der Waals surface area contributed by atoms with Gasteiger partial charge in [-0.2, -0.15) is 0 Å². The number of aliphatic hydroxyl groups is 1. The average Bonchev–Trinajstić information content (AvgIpc) is 2.95. The molecule has 0 fully saturated rings. The van der Waals surface area contributed by atoms with Gasteiger partial charge in [-0.1, -0.05) is 88.3 Å². The lowest BCUT2D eigenvalue weighted by atomic mass is 9.80. The molecule has 1 rings (SSSR count). The van der Waals surface area contributed by atoms with Crippen LogP contribution in [0.2, 0.25) is 0 Å². The number of aliphatic hydroxyl groups excluding tert-OH is 1. The predicted molar refractivity (Wildman–Crippen MR) is 190 cm³/mol. The highest BCUT2D eigenvalue weighted by Gasteiger charge is 2.21. The molecule has 5 heteroatoms. The van der Waals surface area contributed by atoms with Crippen LogP contribution in [0.5, 0.6) is 0 Å². The largest absolute Gasteiger partial charge is 0.396 e. The first-order chi connectivity index (χ1) is 19.3. The van der Waals surface area contributed by atoms with Crippen molar-refractivity contribution in [3.8, 4) is 0 Å². The quantitative estimate of drug-likeness (QED) is 0.173. The van der Waals surface area contributed by atoms with E-state index >= 15 is 0 Å². The molecule has 0 atom stereocenters. The van der Waals surface area contributed by atoms with Crippen molar-refractivity contribution in [3.05, 3.63) is 47.1 Å². The van der Waals surface area contributed by atoms with Crippen molar-refractivity contribution in [1.29, 1.82) is 5.41 Å². The molecule has 0 aliphatic rings. The van der Waals surface area contributed by atoms with E-state index in [1.807, 2.05) is 27.9 Å². The molecule has 1 aromatic rings. The molecule has 236 valence electrons. The lowest BCUT2D eigenvalue weighted by Gasteiger charge is -2.27. The number of anilines is 1. The molecule has 1 aromatic carbocycles. The summed E-state index contributed by atoms with van der Waals surface area (Å²) in [5, 5.41) is 18.6. The molecule has 0 saturated carbocycles. The maximum absolute atomic E-state index is 8.98. The molecule has 0 amide bonds. The average molecular weight is 571 g/mol. The van der Waals surface area contributed by atoms with Crippen LogP contribution in [0.3, 0.4) is 0 Å². The van der Waals surface area contributed by atoms with Crippen molar-refractivity contribution < 1.29 is 5.11 Å². The second kappa shape index (κ2) is 25.2. The number of benzene rings is 1. The van der Waals surface area contributed by atoms with E-state index in [1.165, 1.54) is 45.5 Å². The van der Waals surface area contributed by atoms with Crippen LogP contribution < -0.4 is 5.32 Å². The Morgan fingerprint density at radius 1 is 1.10 bits per heavy atom. The van der Waals surface area contributed by atoms with Crippen LogP contribution in [0.1, 0.15) is 125 Å². The van der Waals surface area contributed by atoms with Crippen molar-refractivity contribution in [3.63, 3.8) is 0 Å². The third kappa shape index (κ3) is 17.8. The summed E-state index contributed by atoms with van der Waals surface area (Å²) in [6, 6.07) is 4.53. The van der Waals surface area contributed by atoms with Gasteiger partial charge in [0.1, 0.15) is 0 Å². The van der Waals surface area contributed by atoms with Crippen molar-refractivity contribution in [2.75, 3.05) is 32.6 Å². The standard InChI is InChI=1S/C19H31NO.C13H24N2.C2H5N.C2H6/c1-7-14(3)15-12-17(19(4,5)6)16(8-2)18(13-15)20-10-9-11-21;1-7-8-12(15-6)9-13(10(2)3)11(4)14-5;1-2-3;1-2/h12-13,20-21H,3,7-11H2,1-2,4-6H3;9-10H,7-8H2,1-6H3;2-3H,1H3;1-2H3/b;13-9-,14-11?,15-12?;;. The van der Waals surface area contributed by atoms with Gasteiger partial charge < -0.3 is 15.8 Å². The summed E-state index contributed by atoms with van der Waals surface area (Å²) in [5.74, 6) is 0.502. The molecule has 0 aliphatic carbocycles. The van der Waals surface area contributed by atoms with E-state index in [-0.39, 0.29) is 12.0 Å². The van der Waals surface area contributed by atoms with Crippen LogP contribution in [0.15, 0.2) is 40.3 Å². The molecule has 0 radical (unpaired) electrons. The summed E-state index contributed by atoms with van der Waals surface area (Å²) in [4.78, 5) is 8.55. The molecular weight excluding hydrogens is 504 g/mol. The molecule has 3 N–H and O–H groups in total. The Bertz CT molecular complexity index is 947. The van der Waals surface area contributed by atoms with Gasteiger partial charge in [0.15, 0.2) is 0 Å². The number of rotatable bonds is 12. The molecule has 0 bridgehead atoms. The molecular formula is C36H66N4O. The van der Waals surface area contributed by atoms with E-state index in [1.54, 1.807) is 6.92 Å². The van der Waals surface area contributed by atoms with E-state index in [2.05, 4.69) is 102 Å². The van der Waals surface area contributed by atoms with E-state index in [4.69, 9.17) is 10.5 Å². The minimum Gasteiger partial charge on any atom is -0.396 e. The number of nitrogens with one attached hydrogen (secondary N) is 2. The summed E-state index contributed by atoms with van der Waals surface area (Å²) < 4.78 is 0.